The molecule has 0 atom stereocenters. The van der Waals surface area contributed by atoms with E-state index in [9.17, 15) is 9.59 Å². The van der Waals surface area contributed by atoms with Crippen LogP contribution in [0.3, 0.4) is 0 Å². The Bertz CT molecular complexity index is 1160. The number of benzene rings is 2. The molecule has 1 aromatic heterocycles. The van der Waals surface area contributed by atoms with E-state index in [0.717, 1.165) is 46.9 Å². The highest BCUT2D eigenvalue weighted by atomic mass is 32.2. The van der Waals surface area contributed by atoms with Gasteiger partial charge in [-0.05, 0) is 37.3 Å². The SMILES string of the molecule is CC(=O)c1ccc(N2CCN(C(=O)c3nn(C)c4c3CSc3ccccc3-4)CC2)cc1. The van der Waals surface area contributed by atoms with Gasteiger partial charge in [-0.15, -0.1) is 11.8 Å². The van der Waals surface area contributed by atoms with E-state index in [2.05, 4.69) is 22.1 Å². The van der Waals surface area contributed by atoms with Crippen LogP contribution < -0.4 is 4.90 Å². The summed E-state index contributed by atoms with van der Waals surface area (Å²) in [6, 6.07) is 16.0. The number of carbonyl (C=O) groups is 2. The molecule has 158 valence electrons. The molecule has 3 aromatic rings. The molecule has 0 spiro atoms. The molecule has 7 heteroatoms. The lowest BCUT2D eigenvalue weighted by Gasteiger charge is -2.36. The fraction of sp³-hybridized carbons (Fsp3) is 0.292. The Labute approximate surface area is 185 Å². The molecule has 1 saturated heterocycles. The minimum atomic E-state index is 0.0170. The molecule has 0 aliphatic carbocycles. The van der Waals surface area contributed by atoms with Crippen LogP contribution in [-0.4, -0.2) is 52.5 Å². The number of carbonyl (C=O) groups excluding carboxylic acids is 2. The van der Waals surface area contributed by atoms with Crippen LogP contribution >= 0.6 is 11.8 Å². The van der Waals surface area contributed by atoms with Gasteiger partial charge in [0.2, 0.25) is 0 Å². The minimum Gasteiger partial charge on any atom is -0.368 e. The molecule has 0 bridgehead atoms. The van der Waals surface area contributed by atoms with Gasteiger partial charge in [-0.3, -0.25) is 14.3 Å². The number of fused-ring (bicyclic) bond motifs is 3. The number of nitrogens with zero attached hydrogens (tertiary/aromatic N) is 4. The normalized spacial score (nSPS) is 15.4. The van der Waals surface area contributed by atoms with Crippen molar-refractivity contribution in [2.75, 3.05) is 31.1 Å². The van der Waals surface area contributed by atoms with Crippen molar-refractivity contribution in [2.45, 2.75) is 17.6 Å². The molecule has 0 N–H and O–H groups in total. The Morgan fingerprint density at radius 1 is 0.968 bits per heavy atom. The lowest BCUT2D eigenvalue weighted by molar-refractivity contribution is 0.0739. The fourth-order valence-corrected chi connectivity index (χ4v) is 5.44. The Kier molecular flexibility index (Phi) is 5.06. The number of ketones is 1. The van der Waals surface area contributed by atoms with Gasteiger partial charge in [0, 0.05) is 66.3 Å². The summed E-state index contributed by atoms with van der Waals surface area (Å²) >= 11 is 1.77. The molecule has 2 aromatic carbocycles. The van der Waals surface area contributed by atoms with Crippen LogP contribution in [0.5, 0.6) is 0 Å². The van der Waals surface area contributed by atoms with Gasteiger partial charge in [-0.25, -0.2) is 0 Å². The van der Waals surface area contributed by atoms with Crippen LogP contribution in [0.4, 0.5) is 5.69 Å². The Balaban J connectivity index is 1.32. The molecule has 31 heavy (non-hydrogen) atoms. The second-order valence-electron chi connectivity index (χ2n) is 7.97. The van der Waals surface area contributed by atoms with Crippen LogP contribution in [0.1, 0.15) is 33.3 Å². The number of hydrogen-bond acceptors (Lipinski definition) is 5. The third-order valence-corrected chi connectivity index (χ3v) is 7.17. The van der Waals surface area contributed by atoms with Crippen LogP contribution in [0, 0.1) is 0 Å². The van der Waals surface area contributed by atoms with Crippen molar-refractivity contribution >= 4 is 29.1 Å². The standard InChI is InChI=1S/C24H24N4O2S/c1-16(29)17-7-9-18(10-8-17)27-11-13-28(14-12-27)24(30)22-20-15-31-21-6-4-3-5-19(21)23(20)26(2)25-22/h3-10H,11-15H2,1-2H3. The second kappa shape index (κ2) is 7.89. The Hall–Kier alpha value is -3.06. The summed E-state index contributed by atoms with van der Waals surface area (Å²) in [5, 5.41) is 4.64. The molecule has 0 unspecified atom stereocenters. The first-order valence-corrected chi connectivity index (χ1v) is 11.4. The molecular weight excluding hydrogens is 408 g/mol. The number of aryl methyl sites for hydroxylation is 1. The minimum absolute atomic E-state index is 0.0170. The summed E-state index contributed by atoms with van der Waals surface area (Å²) in [5.74, 6) is 0.855. The zero-order valence-electron chi connectivity index (χ0n) is 17.7. The highest BCUT2D eigenvalue weighted by Gasteiger charge is 2.31. The predicted molar refractivity (Wildman–Crippen MR) is 123 cm³/mol. The lowest BCUT2D eigenvalue weighted by atomic mass is 10.1. The number of rotatable bonds is 3. The number of anilines is 1. The first-order chi connectivity index (χ1) is 15.0. The molecule has 0 radical (unpaired) electrons. The molecule has 2 aliphatic heterocycles. The van der Waals surface area contributed by atoms with Crippen LogP contribution in [0.15, 0.2) is 53.4 Å². The van der Waals surface area contributed by atoms with E-state index < -0.39 is 0 Å². The zero-order chi connectivity index (χ0) is 21.5. The van der Waals surface area contributed by atoms with Crippen molar-refractivity contribution in [1.29, 1.82) is 0 Å². The first kappa shape index (κ1) is 19.9. The maximum atomic E-state index is 13.3. The number of hydrogen-bond donors (Lipinski definition) is 0. The van der Waals surface area contributed by atoms with Crippen LogP contribution in [-0.2, 0) is 12.8 Å². The maximum absolute atomic E-state index is 13.3. The Morgan fingerprint density at radius 3 is 2.39 bits per heavy atom. The third kappa shape index (κ3) is 3.53. The van der Waals surface area contributed by atoms with E-state index >= 15 is 0 Å². The number of aromatic nitrogens is 2. The van der Waals surface area contributed by atoms with Crippen molar-refractivity contribution in [3.05, 3.63) is 65.4 Å². The van der Waals surface area contributed by atoms with Gasteiger partial charge in [0.15, 0.2) is 11.5 Å². The smallest absolute Gasteiger partial charge is 0.274 e. The molecule has 6 nitrogen and oxygen atoms in total. The van der Waals surface area contributed by atoms with E-state index in [1.54, 1.807) is 18.7 Å². The van der Waals surface area contributed by atoms with Gasteiger partial charge >= 0.3 is 0 Å². The average molecular weight is 433 g/mol. The molecule has 1 amide bonds. The number of Topliss-reactive ketones (excluding diaryl/α,β-unsaturated/α-hetero) is 1. The number of thioether (sulfide) groups is 1. The highest BCUT2D eigenvalue weighted by Crippen LogP contribution is 2.42. The lowest BCUT2D eigenvalue weighted by Crippen LogP contribution is -2.49. The summed E-state index contributed by atoms with van der Waals surface area (Å²) < 4.78 is 1.86. The van der Waals surface area contributed by atoms with Crippen molar-refractivity contribution < 1.29 is 9.59 Å². The van der Waals surface area contributed by atoms with E-state index in [1.165, 1.54) is 4.90 Å². The monoisotopic (exact) mass is 432 g/mol. The molecule has 1 fully saturated rings. The Morgan fingerprint density at radius 2 is 1.68 bits per heavy atom. The van der Waals surface area contributed by atoms with Crippen molar-refractivity contribution in [3.63, 3.8) is 0 Å². The summed E-state index contributed by atoms with van der Waals surface area (Å²) in [5.41, 5.74) is 5.64. The fourth-order valence-electron chi connectivity index (χ4n) is 4.38. The van der Waals surface area contributed by atoms with E-state index in [0.29, 0.717) is 18.8 Å². The largest absolute Gasteiger partial charge is 0.368 e. The molecule has 0 saturated carbocycles. The maximum Gasteiger partial charge on any atom is 0.274 e. The van der Waals surface area contributed by atoms with Crippen LogP contribution in [0.25, 0.3) is 11.3 Å². The topological polar surface area (TPSA) is 58.4 Å². The predicted octanol–water partition coefficient (Wildman–Crippen LogP) is 3.86. The summed E-state index contributed by atoms with van der Waals surface area (Å²) in [6.07, 6.45) is 0. The van der Waals surface area contributed by atoms with E-state index in [-0.39, 0.29) is 11.7 Å². The summed E-state index contributed by atoms with van der Waals surface area (Å²) in [4.78, 5) is 30.2. The number of amides is 1. The second-order valence-corrected chi connectivity index (χ2v) is 8.98. The van der Waals surface area contributed by atoms with Crippen LogP contribution in [0.2, 0.25) is 0 Å². The summed E-state index contributed by atoms with van der Waals surface area (Å²) in [6.45, 7) is 4.41. The van der Waals surface area contributed by atoms with Gasteiger partial charge in [-0.2, -0.15) is 5.10 Å². The zero-order valence-corrected chi connectivity index (χ0v) is 18.5. The molecule has 3 heterocycles. The summed E-state index contributed by atoms with van der Waals surface area (Å²) in [7, 11) is 1.92. The van der Waals surface area contributed by atoms with Gasteiger partial charge in [0.1, 0.15) is 0 Å². The molecular formula is C24H24N4O2S. The van der Waals surface area contributed by atoms with Gasteiger partial charge in [0.05, 0.1) is 5.69 Å². The van der Waals surface area contributed by atoms with Crippen molar-refractivity contribution in [1.82, 2.24) is 14.7 Å². The van der Waals surface area contributed by atoms with E-state index in [1.807, 2.05) is 53.0 Å². The quantitative estimate of drug-likeness (QED) is 0.589. The highest BCUT2D eigenvalue weighted by molar-refractivity contribution is 7.98. The number of piperazine rings is 1. The van der Waals surface area contributed by atoms with Crippen molar-refractivity contribution in [3.8, 4) is 11.3 Å². The van der Waals surface area contributed by atoms with Gasteiger partial charge in [-0.1, -0.05) is 18.2 Å². The van der Waals surface area contributed by atoms with E-state index in [4.69, 9.17) is 0 Å². The van der Waals surface area contributed by atoms with Gasteiger partial charge < -0.3 is 9.80 Å². The third-order valence-electron chi connectivity index (χ3n) is 6.07. The molecule has 2 aliphatic rings. The molecule has 5 rings (SSSR count). The first-order valence-electron chi connectivity index (χ1n) is 10.5. The van der Waals surface area contributed by atoms with Gasteiger partial charge in [0.25, 0.3) is 5.91 Å². The van der Waals surface area contributed by atoms with Crippen molar-refractivity contribution in [2.24, 2.45) is 7.05 Å². The average Bonchev–Trinajstić information content (AvgIpc) is 3.15.